The molecule has 0 spiro atoms. The van der Waals surface area contributed by atoms with Crippen LogP contribution < -0.4 is 0 Å². The van der Waals surface area contributed by atoms with Crippen LogP contribution in [0, 0.1) is 0 Å². The number of hydrogen-bond donors (Lipinski definition) is 3. The highest BCUT2D eigenvalue weighted by Crippen LogP contribution is 2.40. The Morgan fingerprint density at radius 1 is 1.04 bits per heavy atom. The van der Waals surface area contributed by atoms with Crippen molar-refractivity contribution >= 4 is 12.0 Å². The predicted molar refractivity (Wildman–Crippen MR) is 92.8 cm³/mol. The molecule has 1 aromatic carbocycles. The second kappa shape index (κ2) is 6.75. The maximum absolute atomic E-state index is 11.3. The minimum atomic E-state index is -1.04. The SMILES string of the molecule is CC(C)(C)c1cc(/C=C(\CCO)C(=O)O)cc(C(C)(C)C)c1O. The Balaban J connectivity index is 3.62. The number of aliphatic hydroxyl groups excluding tert-OH is 1. The van der Waals surface area contributed by atoms with Crippen LogP contribution in [-0.4, -0.2) is 27.9 Å². The van der Waals surface area contributed by atoms with E-state index < -0.39 is 5.97 Å². The first-order valence-electron chi connectivity index (χ1n) is 7.80. The molecule has 0 amide bonds. The maximum Gasteiger partial charge on any atom is 0.331 e. The quantitative estimate of drug-likeness (QED) is 0.737. The summed E-state index contributed by atoms with van der Waals surface area (Å²) in [5, 5.41) is 28.9. The summed E-state index contributed by atoms with van der Waals surface area (Å²) in [5.74, 6) is -0.775. The van der Waals surface area contributed by atoms with Crippen LogP contribution in [0.25, 0.3) is 6.08 Å². The number of hydrogen-bond acceptors (Lipinski definition) is 3. The number of phenols is 1. The monoisotopic (exact) mass is 320 g/mol. The molecule has 0 aliphatic heterocycles. The van der Waals surface area contributed by atoms with Crippen LogP contribution in [0.15, 0.2) is 17.7 Å². The van der Waals surface area contributed by atoms with Crippen molar-refractivity contribution in [2.45, 2.75) is 58.8 Å². The van der Waals surface area contributed by atoms with E-state index in [0.717, 1.165) is 16.7 Å². The zero-order chi connectivity index (χ0) is 18.0. The van der Waals surface area contributed by atoms with Gasteiger partial charge in [-0.05, 0) is 34.6 Å². The van der Waals surface area contributed by atoms with Gasteiger partial charge >= 0.3 is 5.97 Å². The number of carbonyl (C=O) groups is 1. The van der Waals surface area contributed by atoms with Crippen LogP contribution in [0.2, 0.25) is 0 Å². The van der Waals surface area contributed by atoms with E-state index in [9.17, 15) is 15.0 Å². The third-order valence-corrected chi connectivity index (χ3v) is 3.75. The largest absolute Gasteiger partial charge is 0.507 e. The van der Waals surface area contributed by atoms with E-state index in [-0.39, 0.29) is 35.2 Å². The van der Waals surface area contributed by atoms with Gasteiger partial charge in [0.25, 0.3) is 0 Å². The van der Waals surface area contributed by atoms with E-state index in [4.69, 9.17) is 5.11 Å². The molecule has 23 heavy (non-hydrogen) atoms. The van der Waals surface area contributed by atoms with Gasteiger partial charge in [-0.1, -0.05) is 41.5 Å². The summed E-state index contributed by atoms with van der Waals surface area (Å²) in [7, 11) is 0. The first kappa shape index (κ1) is 19.2. The number of carboxylic acids is 1. The molecular weight excluding hydrogens is 292 g/mol. The molecule has 4 nitrogen and oxygen atoms in total. The first-order valence-corrected chi connectivity index (χ1v) is 7.80. The van der Waals surface area contributed by atoms with Gasteiger partial charge in [-0.2, -0.15) is 0 Å². The normalized spacial score (nSPS) is 13.3. The number of benzene rings is 1. The molecule has 4 heteroatoms. The average molecular weight is 320 g/mol. The van der Waals surface area contributed by atoms with Crippen LogP contribution in [0.1, 0.15) is 64.7 Å². The van der Waals surface area contributed by atoms with Gasteiger partial charge in [0, 0.05) is 29.7 Å². The number of carboxylic acid groups (broad SMARTS) is 1. The Bertz CT molecular complexity index is 578. The zero-order valence-electron chi connectivity index (χ0n) is 14.9. The molecule has 0 saturated heterocycles. The summed E-state index contributed by atoms with van der Waals surface area (Å²) in [6, 6.07) is 3.65. The minimum absolute atomic E-state index is 0.0892. The lowest BCUT2D eigenvalue weighted by Gasteiger charge is -2.28. The molecule has 0 fully saturated rings. The summed E-state index contributed by atoms with van der Waals surface area (Å²) >= 11 is 0. The highest BCUT2D eigenvalue weighted by atomic mass is 16.4. The Morgan fingerprint density at radius 2 is 1.48 bits per heavy atom. The molecule has 0 bridgehead atoms. The smallest absolute Gasteiger partial charge is 0.331 e. The predicted octanol–water partition coefficient (Wildman–Crippen LogP) is 3.84. The third-order valence-electron chi connectivity index (χ3n) is 3.75. The van der Waals surface area contributed by atoms with Crippen molar-refractivity contribution in [1.82, 2.24) is 0 Å². The molecule has 128 valence electrons. The summed E-state index contributed by atoms with van der Waals surface area (Å²) in [6.07, 6.45) is 1.66. The van der Waals surface area contributed by atoms with Crippen LogP contribution in [0.5, 0.6) is 5.75 Å². The van der Waals surface area contributed by atoms with Crippen molar-refractivity contribution in [1.29, 1.82) is 0 Å². The number of phenolic OH excluding ortho intramolecular Hbond substituents is 1. The second-order valence-electron chi connectivity index (χ2n) is 7.91. The van der Waals surface area contributed by atoms with E-state index >= 15 is 0 Å². The second-order valence-corrected chi connectivity index (χ2v) is 7.91. The molecule has 0 radical (unpaired) electrons. The molecule has 0 aromatic heterocycles. The molecule has 0 aliphatic carbocycles. The Hall–Kier alpha value is -1.81. The molecule has 1 aromatic rings. The van der Waals surface area contributed by atoms with Crippen LogP contribution >= 0.6 is 0 Å². The topological polar surface area (TPSA) is 77.8 Å². The van der Waals surface area contributed by atoms with Crippen LogP contribution in [-0.2, 0) is 15.6 Å². The van der Waals surface area contributed by atoms with E-state index in [0.29, 0.717) is 0 Å². The van der Waals surface area contributed by atoms with Crippen molar-refractivity contribution in [2.75, 3.05) is 6.61 Å². The Labute approximate surface area is 138 Å². The molecule has 0 heterocycles. The van der Waals surface area contributed by atoms with E-state index in [1.165, 1.54) is 0 Å². The number of aliphatic carboxylic acids is 1. The van der Waals surface area contributed by atoms with Crippen molar-refractivity contribution in [3.63, 3.8) is 0 Å². The Kier molecular flexibility index (Phi) is 5.65. The van der Waals surface area contributed by atoms with Crippen molar-refractivity contribution in [3.8, 4) is 5.75 Å². The van der Waals surface area contributed by atoms with Crippen LogP contribution in [0.4, 0.5) is 0 Å². The van der Waals surface area contributed by atoms with Gasteiger partial charge in [0.15, 0.2) is 0 Å². The molecule has 0 aliphatic rings. The Morgan fingerprint density at radius 3 is 1.78 bits per heavy atom. The molecular formula is C19H28O4. The molecule has 0 unspecified atom stereocenters. The lowest BCUT2D eigenvalue weighted by Crippen LogP contribution is -2.17. The summed E-state index contributed by atoms with van der Waals surface area (Å²) in [6.45, 7) is 11.8. The van der Waals surface area contributed by atoms with Crippen molar-refractivity contribution in [2.24, 2.45) is 0 Å². The molecule has 0 atom stereocenters. The lowest BCUT2D eigenvalue weighted by atomic mass is 9.78. The minimum Gasteiger partial charge on any atom is -0.507 e. The standard InChI is InChI=1S/C19H28O4/c1-18(2,3)14-10-12(9-13(7-8-20)17(22)23)11-15(16(14)21)19(4,5)6/h9-11,20-21H,7-8H2,1-6H3,(H,22,23)/b13-9+. The highest BCUT2D eigenvalue weighted by Gasteiger charge is 2.26. The van der Waals surface area contributed by atoms with Crippen molar-refractivity contribution < 1.29 is 20.1 Å². The molecule has 3 N–H and O–H groups in total. The van der Waals surface area contributed by atoms with Gasteiger partial charge < -0.3 is 15.3 Å². The fourth-order valence-electron chi connectivity index (χ4n) is 2.45. The molecule has 1 rings (SSSR count). The summed E-state index contributed by atoms with van der Waals surface area (Å²) in [5.41, 5.74) is 1.90. The van der Waals surface area contributed by atoms with E-state index in [2.05, 4.69) is 0 Å². The number of aromatic hydroxyl groups is 1. The number of rotatable bonds is 4. The summed E-state index contributed by atoms with van der Waals surface area (Å²) in [4.78, 5) is 11.3. The summed E-state index contributed by atoms with van der Waals surface area (Å²) < 4.78 is 0. The van der Waals surface area contributed by atoms with Gasteiger partial charge in [0.1, 0.15) is 5.75 Å². The van der Waals surface area contributed by atoms with E-state index in [1.54, 1.807) is 6.08 Å². The average Bonchev–Trinajstić information content (AvgIpc) is 2.37. The van der Waals surface area contributed by atoms with Gasteiger partial charge in [-0.3, -0.25) is 0 Å². The fourth-order valence-corrected chi connectivity index (χ4v) is 2.45. The zero-order valence-corrected chi connectivity index (χ0v) is 14.9. The number of aliphatic hydroxyl groups is 1. The van der Waals surface area contributed by atoms with Crippen LogP contribution in [0.3, 0.4) is 0 Å². The van der Waals surface area contributed by atoms with Gasteiger partial charge in [0.2, 0.25) is 0 Å². The van der Waals surface area contributed by atoms with Gasteiger partial charge in [-0.15, -0.1) is 0 Å². The highest BCUT2D eigenvalue weighted by molar-refractivity contribution is 5.92. The molecule has 0 saturated carbocycles. The third kappa shape index (κ3) is 4.83. The fraction of sp³-hybridized carbons (Fsp3) is 0.526. The first-order chi connectivity index (χ1) is 10.4. The van der Waals surface area contributed by atoms with Gasteiger partial charge in [0.05, 0.1) is 0 Å². The maximum atomic E-state index is 11.3. The van der Waals surface area contributed by atoms with Gasteiger partial charge in [-0.25, -0.2) is 4.79 Å². The van der Waals surface area contributed by atoms with Crippen molar-refractivity contribution in [3.05, 3.63) is 34.4 Å². The van der Waals surface area contributed by atoms with E-state index in [1.807, 2.05) is 53.7 Å². The lowest BCUT2D eigenvalue weighted by molar-refractivity contribution is -0.132.